The van der Waals surface area contributed by atoms with Gasteiger partial charge in [0.1, 0.15) is 5.82 Å². The average molecular weight is 281 g/mol. The number of anilines is 2. The molecule has 98 valence electrons. The van der Waals surface area contributed by atoms with E-state index in [9.17, 15) is 14.3 Å². The Labute approximate surface area is 113 Å². The van der Waals surface area contributed by atoms with Crippen molar-refractivity contribution in [2.75, 3.05) is 11.1 Å². The van der Waals surface area contributed by atoms with Crippen LogP contribution in [0.5, 0.6) is 5.75 Å². The van der Waals surface area contributed by atoms with Crippen molar-refractivity contribution in [2.24, 2.45) is 0 Å². The monoisotopic (exact) mass is 280 g/mol. The summed E-state index contributed by atoms with van der Waals surface area (Å²) in [5.41, 5.74) is 5.49. The third kappa shape index (κ3) is 2.77. The van der Waals surface area contributed by atoms with Gasteiger partial charge in [-0.2, -0.15) is 0 Å². The zero-order valence-corrected chi connectivity index (χ0v) is 10.4. The van der Waals surface area contributed by atoms with E-state index in [0.29, 0.717) is 0 Å². The van der Waals surface area contributed by atoms with Gasteiger partial charge in [-0.25, -0.2) is 4.39 Å². The van der Waals surface area contributed by atoms with Gasteiger partial charge < -0.3 is 16.2 Å². The number of amides is 1. The lowest BCUT2D eigenvalue weighted by Gasteiger charge is -2.09. The van der Waals surface area contributed by atoms with Crippen LogP contribution in [0, 0.1) is 5.82 Å². The lowest BCUT2D eigenvalue weighted by molar-refractivity contribution is 0.102. The molecule has 0 radical (unpaired) electrons. The Bertz CT molecular complexity index is 647. The van der Waals surface area contributed by atoms with Crippen molar-refractivity contribution < 1.29 is 14.3 Å². The van der Waals surface area contributed by atoms with Crippen LogP contribution in [0.3, 0.4) is 0 Å². The Hall–Kier alpha value is -2.27. The van der Waals surface area contributed by atoms with Gasteiger partial charge in [-0.1, -0.05) is 17.7 Å². The van der Waals surface area contributed by atoms with E-state index < -0.39 is 11.7 Å². The van der Waals surface area contributed by atoms with Gasteiger partial charge in [0.25, 0.3) is 5.91 Å². The quantitative estimate of drug-likeness (QED) is 0.585. The molecule has 0 spiro atoms. The molecule has 0 atom stereocenters. The second-order valence-electron chi connectivity index (χ2n) is 3.82. The molecular formula is C13H10ClFN2O2. The Kier molecular flexibility index (Phi) is 3.57. The summed E-state index contributed by atoms with van der Waals surface area (Å²) in [6.07, 6.45) is 0. The van der Waals surface area contributed by atoms with Crippen LogP contribution in [0.4, 0.5) is 15.8 Å². The molecule has 0 aliphatic rings. The van der Waals surface area contributed by atoms with Crippen molar-refractivity contribution in [1.29, 1.82) is 0 Å². The average Bonchev–Trinajstić information content (AvgIpc) is 2.36. The molecule has 19 heavy (non-hydrogen) atoms. The Balaban J connectivity index is 2.28. The number of benzene rings is 2. The summed E-state index contributed by atoms with van der Waals surface area (Å²) in [5, 5.41) is 12.2. The number of halogens is 2. The molecule has 0 unspecified atom stereocenters. The first-order chi connectivity index (χ1) is 8.99. The van der Waals surface area contributed by atoms with Crippen LogP contribution in [0.2, 0.25) is 5.02 Å². The third-order valence-corrected chi connectivity index (χ3v) is 2.73. The molecule has 6 heteroatoms. The number of phenolic OH excluding ortho intramolecular Hbond substituents is 1. The lowest BCUT2D eigenvalue weighted by Crippen LogP contribution is -2.13. The highest BCUT2D eigenvalue weighted by molar-refractivity contribution is 6.30. The molecule has 4 nitrogen and oxygen atoms in total. The summed E-state index contributed by atoms with van der Waals surface area (Å²) in [7, 11) is 0. The topological polar surface area (TPSA) is 75.4 Å². The maximum Gasteiger partial charge on any atom is 0.259 e. The number of rotatable bonds is 2. The predicted molar refractivity (Wildman–Crippen MR) is 71.9 cm³/mol. The van der Waals surface area contributed by atoms with Crippen LogP contribution in [0.1, 0.15) is 10.4 Å². The summed E-state index contributed by atoms with van der Waals surface area (Å²) >= 11 is 5.61. The zero-order chi connectivity index (χ0) is 14.0. The second-order valence-corrected chi connectivity index (χ2v) is 4.26. The van der Waals surface area contributed by atoms with Crippen LogP contribution in [0.15, 0.2) is 36.4 Å². The molecule has 2 rings (SSSR count). The van der Waals surface area contributed by atoms with Crippen molar-refractivity contribution >= 4 is 28.9 Å². The molecule has 0 bridgehead atoms. The largest absolute Gasteiger partial charge is 0.505 e. The first-order valence-electron chi connectivity index (χ1n) is 5.33. The second kappa shape index (κ2) is 5.16. The van der Waals surface area contributed by atoms with Crippen molar-refractivity contribution in [3.63, 3.8) is 0 Å². The van der Waals surface area contributed by atoms with Crippen LogP contribution in [-0.4, -0.2) is 11.0 Å². The standard InChI is InChI=1S/C13H10ClFN2O2/c14-7-4-5-11(9(15)6-7)17-13(19)8-2-1-3-10(16)12(8)18/h1-6,18H,16H2,(H,17,19). The molecule has 4 N–H and O–H groups in total. The van der Waals surface area contributed by atoms with E-state index in [1.54, 1.807) is 0 Å². The summed E-state index contributed by atoms with van der Waals surface area (Å²) in [6, 6.07) is 8.21. The van der Waals surface area contributed by atoms with Gasteiger partial charge in [-0.15, -0.1) is 0 Å². The highest BCUT2D eigenvalue weighted by Crippen LogP contribution is 2.26. The van der Waals surface area contributed by atoms with E-state index >= 15 is 0 Å². The number of hydrogen-bond acceptors (Lipinski definition) is 3. The third-order valence-electron chi connectivity index (χ3n) is 2.49. The van der Waals surface area contributed by atoms with E-state index in [4.69, 9.17) is 17.3 Å². The SMILES string of the molecule is Nc1cccc(C(=O)Nc2ccc(Cl)cc2F)c1O. The number of hydrogen-bond donors (Lipinski definition) is 3. The minimum absolute atomic E-state index is 0.0313. The van der Waals surface area contributed by atoms with Crippen LogP contribution < -0.4 is 11.1 Å². The molecule has 0 aromatic heterocycles. The number of nitrogens with two attached hydrogens (primary N) is 1. The summed E-state index contributed by atoms with van der Waals surface area (Å²) in [6.45, 7) is 0. The number of aromatic hydroxyl groups is 1. The first kappa shape index (κ1) is 13.2. The van der Waals surface area contributed by atoms with Gasteiger partial charge in [0, 0.05) is 5.02 Å². The fourth-order valence-corrected chi connectivity index (χ4v) is 1.68. The van der Waals surface area contributed by atoms with E-state index in [1.807, 2.05) is 0 Å². The van der Waals surface area contributed by atoms with Gasteiger partial charge in [0.05, 0.1) is 16.9 Å². The van der Waals surface area contributed by atoms with Gasteiger partial charge in [0.15, 0.2) is 5.75 Å². The Morgan fingerprint density at radius 1 is 1.32 bits per heavy atom. The number of nitrogens with one attached hydrogen (secondary N) is 1. The Morgan fingerprint density at radius 2 is 2.05 bits per heavy atom. The minimum Gasteiger partial charge on any atom is -0.505 e. The summed E-state index contributed by atoms with van der Waals surface area (Å²) < 4.78 is 13.5. The molecule has 0 saturated heterocycles. The number of nitrogen functional groups attached to an aromatic ring is 1. The minimum atomic E-state index is -0.663. The molecule has 2 aromatic rings. The molecular weight excluding hydrogens is 271 g/mol. The molecule has 1 amide bonds. The maximum atomic E-state index is 13.5. The van der Waals surface area contributed by atoms with Gasteiger partial charge in [-0.3, -0.25) is 4.79 Å². The van der Waals surface area contributed by atoms with E-state index in [1.165, 1.54) is 30.3 Å². The number of carbonyl (C=O) groups excluding carboxylic acids is 1. The molecule has 0 fully saturated rings. The number of phenols is 1. The Morgan fingerprint density at radius 3 is 2.74 bits per heavy atom. The highest BCUT2D eigenvalue weighted by Gasteiger charge is 2.14. The van der Waals surface area contributed by atoms with Crippen LogP contribution in [-0.2, 0) is 0 Å². The fourth-order valence-electron chi connectivity index (χ4n) is 1.53. The first-order valence-corrected chi connectivity index (χ1v) is 5.70. The smallest absolute Gasteiger partial charge is 0.259 e. The highest BCUT2D eigenvalue weighted by atomic mass is 35.5. The molecule has 2 aromatic carbocycles. The van der Waals surface area contributed by atoms with Crippen molar-refractivity contribution in [3.05, 3.63) is 52.8 Å². The van der Waals surface area contributed by atoms with Crippen molar-refractivity contribution in [1.82, 2.24) is 0 Å². The fraction of sp³-hybridized carbons (Fsp3) is 0. The summed E-state index contributed by atoms with van der Waals surface area (Å²) in [5.74, 6) is -1.66. The van der Waals surface area contributed by atoms with Crippen molar-refractivity contribution in [3.8, 4) is 5.75 Å². The molecule has 0 aliphatic carbocycles. The number of para-hydroxylation sites is 1. The van der Waals surface area contributed by atoms with Crippen LogP contribution >= 0.6 is 11.6 Å². The molecule has 0 heterocycles. The van der Waals surface area contributed by atoms with Crippen molar-refractivity contribution in [2.45, 2.75) is 0 Å². The van der Waals surface area contributed by atoms with Gasteiger partial charge >= 0.3 is 0 Å². The van der Waals surface area contributed by atoms with E-state index in [0.717, 1.165) is 6.07 Å². The van der Waals surface area contributed by atoms with E-state index in [-0.39, 0.29) is 27.7 Å². The van der Waals surface area contributed by atoms with Gasteiger partial charge in [0.2, 0.25) is 0 Å². The zero-order valence-electron chi connectivity index (χ0n) is 9.65. The number of carbonyl (C=O) groups is 1. The molecule has 0 saturated carbocycles. The van der Waals surface area contributed by atoms with Crippen LogP contribution in [0.25, 0.3) is 0 Å². The van der Waals surface area contributed by atoms with E-state index in [2.05, 4.69) is 5.32 Å². The van der Waals surface area contributed by atoms with Gasteiger partial charge in [-0.05, 0) is 30.3 Å². The summed E-state index contributed by atoms with van der Waals surface area (Å²) in [4.78, 5) is 11.9. The predicted octanol–water partition coefficient (Wildman–Crippen LogP) is 3.02. The molecule has 0 aliphatic heterocycles. The maximum absolute atomic E-state index is 13.5. The lowest BCUT2D eigenvalue weighted by atomic mass is 10.1. The normalized spacial score (nSPS) is 10.2.